The molecule has 0 fully saturated rings. The molecule has 32 heavy (non-hydrogen) atoms. The topological polar surface area (TPSA) is 81.4 Å². The largest absolute Gasteiger partial charge is 0.493 e. The minimum atomic E-state index is -0.479. The van der Waals surface area contributed by atoms with Gasteiger partial charge in [0.05, 0.1) is 18.3 Å². The molecule has 0 unspecified atom stereocenters. The second-order valence-corrected chi connectivity index (χ2v) is 6.92. The Morgan fingerprint density at radius 3 is 2.53 bits per heavy atom. The van der Waals surface area contributed by atoms with Gasteiger partial charge in [0.2, 0.25) is 0 Å². The van der Waals surface area contributed by atoms with Gasteiger partial charge in [-0.2, -0.15) is 5.26 Å². The number of hydrogen-bond donors (Lipinski definition) is 0. The second-order valence-electron chi connectivity index (χ2n) is 6.92. The summed E-state index contributed by atoms with van der Waals surface area (Å²) in [5, 5.41) is 11.7. The molecule has 0 N–H and O–H groups in total. The smallest absolute Gasteiger partial charge is 0.331 e. The van der Waals surface area contributed by atoms with Gasteiger partial charge < -0.3 is 14.2 Å². The van der Waals surface area contributed by atoms with Crippen molar-refractivity contribution in [2.75, 3.05) is 13.7 Å². The predicted octanol–water partition coefficient (Wildman–Crippen LogP) is 5.06. The summed E-state index contributed by atoms with van der Waals surface area (Å²) in [6.07, 6.45) is 2.98. The van der Waals surface area contributed by atoms with Crippen molar-refractivity contribution in [3.8, 4) is 17.6 Å². The Morgan fingerprint density at radius 1 is 1.00 bits per heavy atom. The first-order valence-electron chi connectivity index (χ1n) is 9.98. The van der Waals surface area contributed by atoms with E-state index in [9.17, 15) is 4.79 Å². The average Bonchev–Trinajstić information content (AvgIpc) is 2.85. The Labute approximate surface area is 185 Å². The van der Waals surface area contributed by atoms with E-state index in [0.717, 1.165) is 27.2 Å². The van der Waals surface area contributed by atoms with E-state index in [0.29, 0.717) is 17.2 Å². The van der Waals surface area contributed by atoms with Gasteiger partial charge in [-0.05, 0) is 35.2 Å². The molecule has 6 heteroatoms. The van der Waals surface area contributed by atoms with Gasteiger partial charge in [-0.3, -0.25) is 0 Å². The number of hydrogen-bond acceptors (Lipinski definition) is 6. The van der Waals surface area contributed by atoms with Gasteiger partial charge in [-0.25, -0.2) is 9.78 Å². The minimum absolute atomic E-state index is 0.0682. The minimum Gasteiger partial charge on any atom is -0.493 e. The standard InChI is InChI=1S/C26H20N2O4/c1-30-25-16-18(10-12-24(25)31-15-14-27)11-13-26(29)32-17-23-21-8-3-2-6-19(21)20-7-4-5-9-22(20)28-23/h2-13,16H,15,17H2,1H3/b13-11+. The number of nitriles is 1. The van der Waals surface area contributed by atoms with Gasteiger partial charge in [0, 0.05) is 16.8 Å². The number of methoxy groups -OCH3 is 1. The van der Waals surface area contributed by atoms with Crippen LogP contribution in [0.4, 0.5) is 0 Å². The summed E-state index contributed by atoms with van der Waals surface area (Å²) in [4.78, 5) is 17.0. The summed E-state index contributed by atoms with van der Waals surface area (Å²) < 4.78 is 16.0. The zero-order valence-corrected chi connectivity index (χ0v) is 17.4. The number of aromatic nitrogens is 1. The van der Waals surface area contributed by atoms with Crippen LogP contribution in [0.2, 0.25) is 0 Å². The molecule has 1 aromatic heterocycles. The highest BCUT2D eigenvalue weighted by atomic mass is 16.5. The molecule has 1 heterocycles. The molecule has 0 atom stereocenters. The van der Waals surface area contributed by atoms with Gasteiger partial charge in [-0.15, -0.1) is 0 Å². The van der Waals surface area contributed by atoms with Gasteiger partial charge >= 0.3 is 5.97 Å². The number of para-hydroxylation sites is 1. The lowest BCUT2D eigenvalue weighted by atomic mass is 10.0. The fourth-order valence-electron chi connectivity index (χ4n) is 3.45. The van der Waals surface area contributed by atoms with Crippen molar-refractivity contribution < 1.29 is 19.0 Å². The van der Waals surface area contributed by atoms with Gasteiger partial charge in [0.25, 0.3) is 0 Å². The average molecular weight is 424 g/mol. The Bertz CT molecular complexity index is 1360. The molecule has 158 valence electrons. The molecule has 0 aliphatic rings. The number of benzene rings is 3. The van der Waals surface area contributed by atoms with Crippen LogP contribution in [-0.2, 0) is 16.1 Å². The molecule has 0 amide bonds. The van der Waals surface area contributed by atoms with Crippen molar-refractivity contribution in [1.82, 2.24) is 4.98 Å². The highest BCUT2D eigenvalue weighted by Crippen LogP contribution is 2.29. The van der Waals surface area contributed by atoms with Crippen molar-refractivity contribution in [1.29, 1.82) is 5.26 Å². The second kappa shape index (κ2) is 9.63. The molecular formula is C26H20N2O4. The maximum Gasteiger partial charge on any atom is 0.331 e. The van der Waals surface area contributed by atoms with Gasteiger partial charge in [-0.1, -0.05) is 48.5 Å². The van der Waals surface area contributed by atoms with Crippen molar-refractivity contribution in [2.24, 2.45) is 0 Å². The van der Waals surface area contributed by atoms with Crippen molar-refractivity contribution in [3.63, 3.8) is 0 Å². The lowest BCUT2D eigenvalue weighted by Gasteiger charge is -2.10. The maximum atomic E-state index is 12.3. The number of esters is 1. The molecule has 6 nitrogen and oxygen atoms in total. The summed E-state index contributed by atoms with van der Waals surface area (Å²) in [6, 6.07) is 22.9. The predicted molar refractivity (Wildman–Crippen MR) is 122 cm³/mol. The molecule has 4 rings (SSSR count). The molecule has 3 aromatic carbocycles. The van der Waals surface area contributed by atoms with Crippen molar-refractivity contribution in [2.45, 2.75) is 6.61 Å². The first kappa shape index (κ1) is 20.9. The molecular weight excluding hydrogens is 404 g/mol. The van der Waals surface area contributed by atoms with E-state index in [1.807, 2.05) is 54.6 Å². The fraction of sp³-hybridized carbons (Fsp3) is 0.115. The van der Waals surface area contributed by atoms with E-state index in [4.69, 9.17) is 24.5 Å². The Hall–Kier alpha value is -4.37. The van der Waals surface area contributed by atoms with Crippen LogP contribution in [0.5, 0.6) is 11.5 Å². The molecule has 4 aromatic rings. The third-order valence-corrected chi connectivity index (χ3v) is 4.93. The Kier molecular flexibility index (Phi) is 6.28. The summed E-state index contributed by atoms with van der Waals surface area (Å²) >= 11 is 0. The molecule has 0 aliphatic carbocycles. The lowest BCUT2D eigenvalue weighted by molar-refractivity contribution is -0.138. The number of ether oxygens (including phenoxy) is 3. The lowest BCUT2D eigenvalue weighted by Crippen LogP contribution is -2.03. The summed E-state index contributed by atoms with van der Waals surface area (Å²) in [6.45, 7) is -0.00581. The van der Waals surface area contributed by atoms with E-state index < -0.39 is 5.97 Å². The zero-order chi connectivity index (χ0) is 22.3. The first-order chi connectivity index (χ1) is 15.7. The van der Waals surface area contributed by atoms with Gasteiger partial charge in [0.1, 0.15) is 12.7 Å². The first-order valence-corrected chi connectivity index (χ1v) is 9.98. The van der Waals surface area contributed by atoms with Crippen LogP contribution < -0.4 is 9.47 Å². The van der Waals surface area contributed by atoms with Crippen molar-refractivity contribution in [3.05, 3.63) is 84.1 Å². The molecule has 0 aliphatic heterocycles. The van der Waals surface area contributed by atoms with Crippen LogP contribution in [0, 0.1) is 11.3 Å². The molecule has 0 spiro atoms. The number of rotatable bonds is 7. The van der Waals surface area contributed by atoms with Crippen molar-refractivity contribution >= 4 is 33.7 Å². The van der Waals surface area contributed by atoms with E-state index in [1.165, 1.54) is 13.2 Å². The third kappa shape index (κ3) is 4.52. The Morgan fingerprint density at radius 2 is 1.75 bits per heavy atom. The summed E-state index contributed by atoms with van der Waals surface area (Å²) in [5.41, 5.74) is 2.30. The highest BCUT2D eigenvalue weighted by molar-refractivity contribution is 6.06. The monoisotopic (exact) mass is 424 g/mol. The number of fused-ring (bicyclic) bond motifs is 3. The van der Waals surface area contributed by atoms with Crippen LogP contribution >= 0.6 is 0 Å². The Balaban J connectivity index is 1.49. The number of pyridine rings is 1. The third-order valence-electron chi connectivity index (χ3n) is 4.93. The van der Waals surface area contributed by atoms with Crippen LogP contribution in [0.15, 0.2) is 72.8 Å². The number of carbonyl (C=O) groups excluding carboxylic acids is 1. The van der Waals surface area contributed by atoms with E-state index in [1.54, 1.807) is 24.3 Å². The van der Waals surface area contributed by atoms with Gasteiger partial charge in [0.15, 0.2) is 18.1 Å². The molecule has 0 saturated carbocycles. The SMILES string of the molecule is COc1cc(/C=C/C(=O)OCc2nc3ccccc3c3ccccc23)ccc1OCC#N. The molecule has 0 radical (unpaired) electrons. The van der Waals surface area contributed by atoms with Crippen LogP contribution in [0.3, 0.4) is 0 Å². The van der Waals surface area contributed by atoms with Crippen LogP contribution in [0.1, 0.15) is 11.3 Å². The molecule has 0 saturated heterocycles. The van der Waals surface area contributed by atoms with E-state index >= 15 is 0 Å². The number of nitrogens with zero attached hydrogens (tertiary/aromatic N) is 2. The van der Waals surface area contributed by atoms with E-state index in [-0.39, 0.29) is 13.2 Å². The molecule has 0 bridgehead atoms. The summed E-state index contributed by atoms with van der Waals surface area (Å²) in [5.74, 6) is 0.457. The van der Waals surface area contributed by atoms with Crippen LogP contribution in [0.25, 0.3) is 27.8 Å². The number of carbonyl (C=O) groups is 1. The zero-order valence-electron chi connectivity index (χ0n) is 17.4. The normalized spacial score (nSPS) is 10.9. The van der Waals surface area contributed by atoms with E-state index in [2.05, 4.69) is 0 Å². The fourth-order valence-corrected chi connectivity index (χ4v) is 3.45. The highest BCUT2D eigenvalue weighted by Gasteiger charge is 2.10. The summed E-state index contributed by atoms with van der Waals surface area (Å²) in [7, 11) is 1.51. The quantitative estimate of drug-likeness (QED) is 0.234. The van der Waals surface area contributed by atoms with Crippen LogP contribution in [-0.4, -0.2) is 24.7 Å². The maximum absolute atomic E-state index is 12.3.